The maximum atomic E-state index is 8.79. The van der Waals surface area contributed by atoms with Gasteiger partial charge in [-0.2, -0.15) is 0 Å². The van der Waals surface area contributed by atoms with Crippen LogP contribution >= 0.6 is 11.6 Å². The first-order chi connectivity index (χ1) is 5.17. The molecule has 66 valence electrons. The lowest BCUT2D eigenvalue weighted by atomic mass is 9.78. The lowest BCUT2D eigenvalue weighted by molar-refractivity contribution is 0.200. The van der Waals surface area contributed by atoms with Crippen LogP contribution in [-0.2, 0) is 0 Å². The van der Waals surface area contributed by atoms with E-state index in [9.17, 15) is 0 Å². The molecule has 1 nitrogen and oxygen atoms in total. The molecule has 1 rings (SSSR count). The predicted octanol–water partition coefficient (Wildman–Crippen LogP) is 2.56. The Morgan fingerprint density at radius 2 is 2.27 bits per heavy atom. The second kappa shape index (κ2) is 3.77. The molecular formula is C9H17ClO. The predicted molar refractivity (Wildman–Crippen MR) is 47.9 cm³/mol. The lowest BCUT2D eigenvalue weighted by Crippen LogP contribution is -2.32. The van der Waals surface area contributed by atoms with E-state index in [0.717, 1.165) is 12.8 Å². The standard InChI is InChI=1S/C9H17ClO/c1-9(10)6-3-2-4-8(9)5-7-11/h8,11H,2-7H2,1H3/t8-,9+/m1/s1. The van der Waals surface area contributed by atoms with Crippen molar-refractivity contribution in [2.75, 3.05) is 6.61 Å². The Bertz CT molecular complexity index is 121. The SMILES string of the molecule is C[C@]1(Cl)CCCC[C@@H]1CCO. The molecule has 0 aromatic rings. The van der Waals surface area contributed by atoms with E-state index in [-0.39, 0.29) is 11.5 Å². The van der Waals surface area contributed by atoms with Crippen LogP contribution in [-0.4, -0.2) is 16.6 Å². The molecule has 0 heterocycles. The zero-order valence-corrected chi connectivity index (χ0v) is 7.90. The zero-order chi connectivity index (χ0) is 8.32. The molecule has 2 heteroatoms. The summed E-state index contributed by atoms with van der Waals surface area (Å²) in [5, 5.41) is 8.79. The highest BCUT2D eigenvalue weighted by Gasteiger charge is 2.33. The monoisotopic (exact) mass is 176 g/mol. The Labute approximate surface area is 73.8 Å². The van der Waals surface area contributed by atoms with Gasteiger partial charge < -0.3 is 5.11 Å². The molecular weight excluding hydrogens is 160 g/mol. The van der Waals surface area contributed by atoms with Crippen molar-refractivity contribution in [3.63, 3.8) is 0 Å². The zero-order valence-electron chi connectivity index (χ0n) is 7.15. The van der Waals surface area contributed by atoms with Crippen LogP contribution in [0.15, 0.2) is 0 Å². The summed E-state index contributed by atoms with van der Waals surface area (Å²) in [7, 11) is 0. The Hall–Kier alpha value is 0.250. The van der Waals surface area contributed by atoms with Crippen LogP contribution in [0.4, 0.5) is 0 Å². The average Bonchev–Trinajstić information content (AvgIpc) is 1.94. The van der Waals surface area contributed by atoms with Crippen LogP contribution in [0.3, 0.4) is 0 Å². The number of halogens is 1. The fourth-order valence-corrected chi connectivity index (χ4v) is 2.32. The molecule has 0 unspecified atom stereocenters. The Morgan fingerprint density at radius 1 is 1.55 bits per heavy atom. The van der Waals surface area contributed by atoms with E-state index in [1.54, 1.807) is 0 Å². The first-order valence-electron chi connectivity index (χ1n) is 4.46. The van der Waals surface area contributed by atoms with Gasteiger partial charge in [-0.15, -0.1) is 11.6 Å². The summed E-state index contributed by atoms with van der Waals surface area (Å²) in [5.74, 6) is 0.530. The highest BCUT2D eigenvalue weighted by molar-refractivity contribution is 6.23. The number of hydrogen-bond acceptors (Lipinski definition) is 1. The Balaban J connectivity index is 2.45. The number of hydrogen-bond donors (Lipinski definition) is 1. The normalized spacial score (nSPS) is 39.0. The molecule has 0 aromatic carbocycles. The molecule has 1 aliphatic carbocycles. The average molecular weight is 177 g/mol. The fraction of sp³-hybridized carbons (Fsp3) is 1.00. The van der Waals surface area contributed by atoms with Gasteiger partial charge in [-0.3, -0.25) is 0 Å². The third kappa shape index (κ3) is 2.34. The third-order valence-corrected chi connectivity index (χ3v) is 3.29. The lowest BCUT2D eigenvalue weighted by Gasteiger charge is -2.36. The topological polar surface area (TPSA) is 20.2 Å². The molecule has 0 amide bonds. The van der Waals surface area contributed by atoms with Crippen LogP contribution in [0.2, 0.25) is 0 Å². The largest absolute Gasteiger partial charge is 0.396 e. The van der Waals surface area contributed by atoms with Crippen molar-refractivity contribution in [2.24, 2.45) is 5.92 Å². The maximum Gasteiger partial charge on any atom is 0.0447 e. The molecule has 0 radical (unpaired) electrons. The molecule has 0 bridgehead atoms. The first kappa shape index (κ1) is 9.34. The molecule has 1 aliphatic rings. The van der Waals surface area contributed by atoms with Gasteiger partial charge in [-0.1, -0.05) is 12.8 Å². The van der Waals surface area contributed by atoms with Crippen LogP contribution in [0, 0.1) is 5.92 Å². The van der Waals surface area contributed by atoms with Gasteiger partial charge in [0.2, 0.25) is 0 Å². The van der Waals surface area contributed by atoms with Gasteiger partial charge in [-0.05, 0) is 32.1 Å². The van der Waals surface area contributed by atoms with E-state index in [4.69, 9.17) is 16.7 Å². The summed E-state index contributed by atoms with van der Waals surface area (Å²) in [4.78, 5) is -0.0407. The van der Waals surface area contributed by atoms with Crippen LogP contribution < -0.4 is 0 Å². The number of aliphatic hydroxyl groups is 1. The molecule has 0 spiro atoms. The molecule has 0 aromatic heterocycles. The second-order valence-corrected chi connectivity index (χ2v) is 4.60. The van der Waals surface area contributed by atoms with Crippen molar-refractivity contribution in [3.05, 3.63) is 0 Å². The first-order valence-corrected chi connectivity index (χ1v) is 4.84. The van der Waals surface area contributed by atoms with Crippen LogP contribution in [0.25, 0.3) is 0 Å². The Morgan fingerprint density at radius 3 is 2.82 bits per heavy atom. The maximum absolute atomic E-state index is 8.79. The van der Waals surface area contributed by atoms with E-state index in [1.165, 1.54) is 19.3 Å². The molecule has 1 saturated carbocycles. The summed E-state index contributed by atoms with van der Waals surface area (Å²) in [5.41, 5.74) is 0. The minimum Gasteiger partial charge on any atom is -0.396 e. The van der Waals surface area contributed by atoms with Crippen molar-refractivity contribution >= 4 is 11.6 Å². The molecule has 2 atom stereocenters. The van der Waals surface area contributed by atoms with E-state index in [2.05, 4.69) is 6.92 Å². The summed E-state index contributed by atoms with van der Waals surface area (Å²) < 4.78 is 0. The van der Waals surface area contributed by atoms with Crippen molar-refractivity contribution in [1.29, 1.82) is 0 Å². The Kier molecular flexibility index (Phi) is 3.20. The number of aliphatic hydroxyl groups excluding tert-OH is 1. The van der Waals surface area contributed by atoms with Gasteiger partial charge in [-0.25, -0.2) is 0 Å². The smallest absolute Gasteiger partial charge is 0.0447 e. The third-order valence-electron chi connectivity index (χ3n) is 2.80. The fourth-order valence-electron chi connectivity index (χ4n) is 1.97. The molecule has 1 fully saturated rings. The van der Waals surface area contributed by atoms with Crippen LogP contribution in [0.5, 0.6) is 0 Å². The number of alkyl halides is 1. The minimum atomic E-state index is -0.0407. The van der Waals surface area contributed by atoms with Crippen molar-refractivity contribution in [3.8, 4) is 0 Å². The molecule has 0 aliphatic heterocycles. The summed E-state index contributed by atoms with van der Waals surface area (Å²) in [6.45, 7) is 2.39. The van der Waals surface area contributed by atoms with Gasteiger partial charge in [0.25, 0.3) is 0 Å². The molecule has 11 heavy (non-hydrogen) atoms. The van der Waals surface area contributed by atoms with E-state index >= 15 is 0 Å². The van der Waals surface area contributed by atoms with Crippen molar-refractivity contribution in [2.45, 2.75) is 43.9 Å². The van der Waals surface area contributed by atoms with Gasteiger partial charge in [0.1, 0.15) is 0 Å². The van der Waals surface area contributed by atoms with Gasteiger partial charge in [0, 0.05) is 11.5 Å². The van der Waals surface area contributed by atoms with E-state index in [0.29, 0.717) is 5.92 Å². The quantitative estimate of drug-likeness (QED) is 0.642. The van der Waals surface area contributed by atoms with Crippen LogP contribution in [0.1, 0.15) is 39.0 Å². The summed E-state index contributed by atoms with van der Waals surface area (Å²) >= 11 is 6.31. The van der Waals surface area contributed by atoms with Crippen molar-refractivity contribution < 1.29 is 5.11 Å². The van der Waals surface area contributed by atoms with E-state index < -0.39 is 0 Å². The van der Waals surface area contributed by atoms with Gasteiger partial charge in [0.15, 0.2) is 0 Å². The summed E-state index contributed by atoms with van der Waals surface area (Å²) in [6, 6.07) is 0. The summed E-state index contributed by atoms with van der Waals surface area (Å²) in [6.07, 6.45) is 5.72. The van der Waals surface area contributed by atoms with Gasteiger partial charge in [0.05, 0.1) is 0 Å². The minimum absolute atomic E-state index is 0.0407. The highest BCUT2D eigenvalue weighted by Crippen LogP contribution is 2.40. The highest BCUT2D eigenvalue weighted by atomic mass is 35.5. The van der Waals surface area contributed by atoms with Gasteiger partial charge >= 0.3 is 0 Å². The second-order valence-electron chi connectivity index (χ2n) is 3.73. The van der Waals surface area contributed by atoms with E-state index in [1.807, 2.05) is 0 Å². The molecule has 1 N–H and O–H groups in total. The number of rotatable bonds is 2. The molecule has 0 saturated heterocycles. The van der Waals surface area contributed by atoms with Crippen molar-refractivity contribution in [1.82, 2.24) is 0 Å².